The highest BCUT2D eigenvalue weighted by molar-refractivity contribution is 4.98. The molecule has 1 fully saturated rings. The van der Waals surface area contributed by atoms with Gasteiger partial charge < -0.3 is 4.98 Å². The molecule has 2 rings (SSSR count). The van der Waals surface area contributed by atoms with E-state index in [1.54, 1.807) is 0 Å². The standard InChI is InChI=1S/C8H12N2/c1-2-4-7(3-1)8-9-5-6-10-8/h5-7H,1-4H2,(H,9,10). The van der Waals surface area contributed by atoms with Crippen molar-refractivity contribution >= 4 is 0 Å². The summed E-state index contributed by atoms with van der Waals surface area (Å²) >= 11 is 0. The summed E-state index contributed by atoms with van der Waals surface area (Å²) in [6.07, 6.45) is 9.17. The molecular weight excluding hydrogens is 124 g/mol. The number of hydrogen-bond donors (Lipinski definition) is 1. The smallest absolute Gasteiger partial charge is 0.109 e. The van der Waals surface area contributed by atoms with Gasteiger partial charge >= 0.3 is 0 Å². The zero-order chi connectivity index (χ0) is 6.81. The Morgan fingerprint density at radius 2 is 2.20 bits per heavy atom. The molecule has 1 N–H and O–H groups in total. The van der Waals surface area contributed by atoms with E-state index in [0.29, 0.717) is 0 Å². The average molecular weight is 136 g/mol. The summed E-state index contributed by atoms with van der Waals surface area (Å²) < 4.78 is 0. The maximum atomic E-state index is 4.24. The Morgan fingerprint density at radius 3 is 2.80 bits per heavy atom. The van der Waals surface area contributed by atoms with Gasteiger partial charge in [0, 0.05) is 18.3 Å². The Balaban J connectivity index is 2.12. The monoisotopic (exact) mass is 136 g/mol. The summed E-state index contributed by atoms with van der Waals surface area (Å²) in [4.78, 5) is 7.41. The third-order valence-electron chi connectivity index (χ3n) is 2.26. The van der Waals surface area contributed by atoms with Crippen molar-refractivity contribution < 1.29 is 0 Å². The van der Waals surface area contributed by atoms with Crippen molar-refractivity contribution in [3.8, 4) is 0 Å². The van der Waals surface area contributed by atoms with Gasteiger partial charge in [0.05, 0.1) is 0 Å². The first-order chi connectivity index (χ1) is 4.97. The van der Waals surface area contributed by atoms with Gasteiger partial charge in [0.15, 0.2) is 0 Å². The van der Waals surface area contributed by atoms with E-state index in [9.17, 15) is 0 Å². The normalized spacial score (nSPS) is 20.0. The SMILES string of the molecule is c1c[nH]c(C2CCCC2)n1. The minimum Gasteiger partial charge on any atom is -0.348 e. The number of aromatic nitrogens is 2. The molecule has 1 heterocycles. The van der Waals surface area contributed by atoms with E-state index in [1.807, 2.05) is 12.4 Å². The van der Waals surface area contributed by atoms with Gasteiger partial charge in [-0.3, -0.25) is 0 Å². The molecule has 0 unspecified atom stereocenters. The number of aromatic amines is 1. The van der Waals surface area contributed by atoms with Crippen LogP contribution in [0.25, 0.3) is 0 Å². The zero-order valence-electron chi connectivity index (χ0n) is 6.01. The lowest BCUT2D eigenvalue weighted by molar-refractivity contribution is 0.678. The molecule has 2 nitrogen and oxygen atoms in total. The highest BCUT2D eigenvalue weighted by Gasteiger charge is 2.18. The van der Waals surface area contributed by atoms with Crippen LogP contribution in [0.2, 0.25) is 0 Å². The number of nitrogens with zero attached hydrogens (tertiary/aromatic N) is 1. The predicted molar refractivity (Wildman–Crippen MR) is 39.8 cm³/mol. The lowest BCUT2D eigenvalue weighted by atomic mass is 10.1. The lowest BCUT2D eigenvalue weighted by Crippen LogP contribution is -1.93. The fourth-order valence-corrected chi connectivity index (χ4v) is 1.70. The second kappa shape index (κ2) is 2.45. The molecule has 0 spiro atoms. The summed E-state index contributed by atoms with van der Waals surface area (Å²) in [5.74, 6) is 1.92. The molecule has 10 heavy (non-hydrogen) atoms. The quantitative estimate of drug-likeness (QED) is 0.629. The number of rotatable bonds is 1. The predicted octanol–water partition coefficient (Wildman–Crippen LogP) is 2.07. The number of nitrogens with one attached hydrogen (secondary N) is 1. The van der Waals surface area contributed by atoms with Gasteiger partial charge in [0.1, 0.15) is 5.82 Å². The highest BCUT2D eigenvalue weighted by atomic mass is 14.9. The van der Waals surface area contributed by atoms with Crippen LogP contribution in [-0.2, 0) is 0 Å². The van der Waals surface area contributed by atoms with Gasteiger partial charge in [0.2, 0.25) is 0 Å². The van der Waals surface area contributed by atoms with Gasteiger partial charge in [-0.25, -0.2) is 4.98 Å². The molecule has 0 amide bonds. The van der Waals surface area contributed by atoms with Gasteiger partial charge in [-0.15, -0.1) is 0 Å². The van der Waals surface area contributed by atoms with E-state index in [2.05, 4.69) is 9.97 Å². The third kappa shape index (κ3) is 0.939. The Bertz CT molecular complexity index is 185. The molecule has 0 aliphatic heterocycles. The van der Waals surface area contributed by atoms with E-state index >= 15 is 0 Å². The van der Waals surface area contributed by atoms with Gasteiger partial charge in [0.25, 0.3) is 0 Å². The van der Waals surface area contributed by atoms with Crippen molar-refractivity contribution in [2.24, 2.45) is 0 Å². The van der Waals surface area contributed by atoms with Crippen molar-refractivity contribution in [1.82, 2.24) is 9.97 Å². The first-order valence-electron chi connectivity index (χ1n) is 3.96. The largest absolute Gasteiger partial charge is 0.348 e. The molecule has 0 saturated heterocycles. The molecule has 0 atom stereocenters. The molecule has 0 aromatic carbocycles. The molecule has 54 valence electrons. The van der Waals surface area contributed by atoms with Crippen molar-refractivity contribution in [3.63, 3.8) is 0 Å². The molecule has 1 aromatic heterocycles. The van der Waals surface area contributed by atoms with Crippen LogP contribution in [0.4, 0.5) is 0 Å². The summed E-state index contributed by atoms with van der Waals surface area (Å²) in [7, 11) is 0. The Labute approximate surface area is 60.7 Å². The Kier molecular flexibility index (Phi) is 1.46. The summed E-state index contributed by atoms with van der Waals surface area (Å²) in [5, 5.41) is 0. The second-order valence-electron chi connectivity index (χ2n) is 2.96. The summed E-state index contributed by atoms with van der Waals surface area (Å²) in [5.41, 5.74) is 0. The topological polar surface area (TPSA) is 28.7 Å². The molecular formula is C8H12N2. The van der Waals surface area contributed by atoms with Crippen LogP contribution in [-0.4, -0.2) is 9.97 Å². The average Bonchev–Trinajstić information content (AvgIpc) is 2.59. The van der Waals surface area contributed by atoms with E-state index < -0.39 is 0 Å². The Morgan fingerprint density at radius 1 is 1.40 bits per heavy atom. The first-order valence-corrected chi connectivity index (χ1v) is 3.96. The van der Waals surface area contributed by atoms with Crippen molar-refractivity contribution in [2.75, 3.05) is 0 Å². The lowest BCUT2D eigenvalue weighted by Gasteiger charge is -2.02. The maximum absolute atomic E-state index is 4.24. The van der Waals surface area contributed by atoms with Crippen LogP contribution < -0.4 is 0 Å². The molecule has 1 saturated carbocycles. The molecule has 1 aliphatic carbocycles. The zero-order valence-corrected chi connectivity index (χ0v) is 6.01. The maximum Gasteiger partial charge on any atom is 0.109 e. The number of H-pyrrole nitrogens is 1. The van der Waals surface area contributed by atoms with E-state index in [1.165, 1.54) is 31.5 Å². The van der Waals surface area contributed by atoms with Crippen molar-refractivity contribution in [2.45, 2.75) is 31.6 Å². The molecule has 0 radical (unpaired) electrons. The molecule has 1 aliphatic rings. The fourth-order valence-electron chi connectivity index (χ4n) is 1.70. The first kappa shape index (κ1) is 5.96. The fraction of sp³-hybridized carbons (Fsp3) is 0.625. The van der Waals surface area contributed by atoms with E-state index in [-0.39, 0.29) is 0 Å². The molecule has 2 heteroatoms. The van der Waals surface area contributed by atoms with Crippen LogP contribution >= 0.6 is 0 Å². The van der Waals surface area contributed by atoms with Crippen molar-refractivity contribution in [3.05, 3.63) is 18.2 Å². The van der Waals surface area contributed by atoms with E-state index in [4.69, 9.17) is 0 Å². The van der Waals surface area contributed by atoms with Crippen LogP contribution in [0.5, 0.6) is 0 Å². The van der Waals surface area contributed by atoms with Gasteiger partial charge in [-0.05, 0) is 12.8 Å². The Hall–Kier alpha value is -0.790. The number of imidazole rings is 1. The minimum absolute atomic E-state index is 0.731. The van der Waals surface area contributed by atoms with Crippen LogP contribution in [0, 0.1) is 0 Å². The minimum atomic E-state index is 0.731. The van der Waals surface area contributed by atoms with Crippen LogP contribution in [0.15, 0.2) is 12.4 Å². The molecule has 0 bridgehead atoms. The van der Waals surface area contributed by atoms with Crippen LogP contribution in [0.3, 0.4) is 0 Å². The summed E-state index contributed by atoms with van der Waals surface area (Å²) in [6, 6.07) is 0. The summed E-state index contributed by atoms with van der Waals surface area (Å²) in [6.45, 7) is 0. The molecule has 1 aromatic rings. The third-order valence-corrected chi connectivity index (χ3v) is 2.26. The van der Waals surface area contributed by atoms with Gasteiger partial charge in [-0.1, -0.05) is 12.8 Å². The highest BCUT2D eigenvalue weighted by Crippen LogP contribution is 2.31. The van der Waals surface area contributed by atoms with E-state index in [0.717, 1.165) is 5.92 Å². The number of hydrogen-bond acceptors (Lipinski definition) is 1. The van der Waals surface area contributed by atoms with Crippen molar-refractivity contribution in [1.29, 1.82) is 0 Å². The van der Waals surface area contributed by atoms with Gasteiger partial charge in [-0.2, -0.15) is 0 Å². The second-order valence-corrected chi connectivity index (χ2v) is 2.96. The van der Waals surface area contributed by atoms with Crippen LogP contribution in [0.1, 0.15) is 37.4 Å².